The molecule has 0 radical (unpaired) electrons. The van der Waals surface area contributed by atoms with E-state index >= 15 is 0 Å². The van der Waals surface area contributed by atoms with Crippen molar-refractivity contribution in [1.29, 1.82) is 0 Å². The van der Waals surface area contributed by atoms with Crippen LogP contribution in [0.5, 0.6) is 0 Å². The van der Waals surface area contributed by atoms with Gasteiger partial charge in [-0.25, -0.2) is 4.79 Å². The van der Waals surface area contributed by atoms with Crippen LogP contribution < -0.4 is 16.4 Å². The van der Waals surface area contributed by atoms with E-state index in [9.17, 15) is 34.2 Å². The third kappa shape index (κ3) is 8.95. The van der Waals surface area contributed by atoms with E-state index in [0.29, 0.717) is 24.8 Å². The number of primary amides is 1. The summed E-state index contributed by atoms with van der Waals surface area (Å²) >= 11 is 6.93. The molecule has 1 aromatic carbocycles. The molecule has 15 heteroatoms. The predicted octanol–water partition coefficient (Wildman–Crippen LogP) is 1.73. The fourth-order valence-corrected chi connectivity index (χ4v) is 7.31. The molecular formula is C30H43Br2N5O8. The number of nitrogens with one attached hydrogen (secondary N) is 2. The van der Waals surface area contributed by atoms with Gasteiger partial charge in [0.15, 0.2) is 0 Å². The molecule has 2 aliphatic heterocycles. The summed E-state index contributed by atoms with van der Waals surface area (Å²) in [4.78, 5) is 69.6. The molecule has 6 N–H and O–H groups in total. The summed E-state index contributed by atoms with van der Waals surface area (Å²) in [5.74, 6) is -2.71. The SMILES string of the molecule is C[C@@H](O)[C@H](NC(=O)[C@@]1(Cc2cc(Br)cc(Br)c2)CCCN1C(=O)[C@@H]1CCCN1C(=O)[C@@H](NC(=O)OC(C)(C)C)[C@@H](C)O)C(N)=O. The zero-order valence-corrected chi connectivity index (χ0v) is 29.3. The number of carbonyl (C=O) groups excluding carboxylic acids is 5. The van der Waals surface area contributed by atoms with Crippen molar-refractivity contribution in [2.75, 3.05) is 13.1 Å². The van der Waals surface area contributed by atoms with Crippen molar-refractivity contribution in [3.05, 3.63) is 32.7 Å². The Kier molecular flexibility index (Phi) is 12.1. The van der Waals surface area contributed by atoms with E-state index in [1.807, 2.05) is 18.2 Å². The van der Waals surface area contributed by atoms with Gasteiger partial charge < -0.3 is 41.1 Å². The highest BCUT2D eigenvalue weighted by atomic mass is 79.9. The first-order valence-corrected chi connectivity index (χ1v) is 16.5. The molecule has 2 aliphatic rings. The molecule has 5 amide bonds. The second-order valence-corrected chi connectivity index (χ2v) is 14.6. The van der Waals surface area contributed by atoms with Gasteiger partial charge in [0.1, 0.15) is 29.3 Å². The van der Waals surface area contributed by atoms with Gasteiger partial charge >= 0.3 is 6.09 Å². The highest BCUT2D eigenvalue weighted by Crippen LogP contribution is 2.37. The number of alkyl carbamates (subject to hydrolysis) is 1. The van der Waals surface area contributed by atoms with Crippen LogP contribution in [0.2, 0.25) is 0 Å². The highest BCUT2D eigenvalue weighted by Gasteiger charge is 2.53. The number of aliphatic hydroxyl groups excluding tert-OH is 2. The Morgan fingerprint density at radius 3 is 2.13 bits per heavy atom. The van der Waals surface area contributed by atoms with Gasteiger partial charge in [0.25, 0.3) is 0 Å². The lowest BCUT2D eigenvalue weighted by Crippen LogP contribution is -2.65. The first kappa shape index (κ1) is 36.7. The van der Waals surface area contributed by atoms with Crippen LogP contribution in [0.25, 0.3) is 0 Å². The topological polar surface area (TPSA) is 192 Å². The van der Waals surface area contributed by atoms with Crippen LogP contribution in [0.15, 0.2) is 27.1 Å². The normalized spacial score (nSPS) is 22.7. The molecule has 0 unspecified atom stereocenters. The summed E-state index contributed by atoms with van der Waals surface area (Å²) in [7, 11) is 0. The minimum absolute atomic E-state index is 0.0745. The number of aliphatic hydroxyl groups is 2. The standard InChI is InChI=1S/C30H43Br2N5O8/c1-16(38)22(24(33)40)34-27(43)30(15-18-12-19(31)14-20(32)13-18)9-7-11-37(30)25(41)21-8-6-10-36(21)26(42)23(17(2)39)35-28(44)45-29(3,4)5/h12-14,16-17,21-23,38-39H,6-11,15H2,1-5H3,(H2,33,40)(H,34,43)(H,35,44)/t16-,17-,21+,22+,23+,30+/m1/s1. The number of hydrogen-bond donors (Lipinski definition) is 5. The van der Waals surface area contributed by atoms with Crippen LogP contribution in [0.4, 0.5) is 4.79 Å². The van der Waals surface area contributed by atoms with E-state index in [2.05, 4.69) is 42.5 Å². The van der Waals surface area contributed by atoms with Gasteiger partial charge in [-0.05, 0) is 84.1 Å². The fraction of sp³-hybridized carbons (Fsp3) is 0.633. The Bertz CT molecular complexity index is 1280. The van der Waals surface area contributed by atoms with Crippen molar-refractivity contribution < 1.29 is 38.9 Å². The molecule has 0 spiro atoms. The summed E-state index contributed by atoms with van der Waals surface area (Å²) in [6.07, 6.45) is -1.90. The Morgan fingerprint density at radius 2 is 1.60 bits per heavy atom. The van der Waals surface area contributed by atoms with E-state index in [0.717, 1.165) is 8.95 Å². The summed E-state index contributed by atoms with van der Waals surface area (Å²) in [5, 5.41) is 25.6. The van der Waals surface area contributed by atoms with Gasteiger partial charge in [-0.1, -0.05) is 31.9 Å². The molecule has 0 bridgehead atoms. The molecule has 1 aromatic rings. The van der Waals surface area contributed by atoms with Crippen molar-refractivity contribution in [2.24, 2.45) is 5.73 Å². The van der Waals surface area contributed by atoms with E-state index in [4.69, 9.17) is 10.5 Å². The molecule has 0 saturated carbocycles. The van der Waals surface area contributed by atoms with Crippen LogP contribution in [0.3, 0.4) is 0 Å². The number of ether oxygens (including phenoxy) is 1. The highest BCUT2D eigenvalue weighted by molar-refractivity contribution is 9.11. The lowest BCUT2D eigenvalue weighted by atomic mass is 9.86. The van der Waals surface area contributed by atoms with Crippen molar-refractivity contribution in [1.82, 2.24) is 20.4 Å². The number of likely N-dealkylation sites (tertiary alicyclic amines) is 2. The van der Waals surface area contributed by atoms with Gasteiger partial charge in [0.05, 0.1) is 12.2 Å². The molecule has 0 aromatic heterocycles. The molecule has 6 atom stereocenters. The maximum absolute atomic E-state index is 14.4. The number of rotatable bonds is 10. The molecule has 45 heavy (non-hydrogen) atoms. The summed E-state index contributed by atoms with van der Waals surface area (Å²) in [6, 6.07) is 1.74. The van der Waals surface area contributed by atoms with Crippen LogP contribution in [-0.4, -0.2) is 104 Å². The Hall–Kier alpha value is -2.75. The maximum Gasteiger partial charge on any atom is 0.408 e. The lowest BCUT2D eigenvalue weighted by Gasteiger charge is -2.41. The molecular weight excluding hydrogens is 718 g/mol. The Balaban J connectivity index is 1.97. The molecule has 2 fully saturated rings. The zero-order chi connectivity index (χ0) is 33.9. The number of hydrogen-bond acceptors (Lipinski definition) is 8. The van der Waals surface area contributed by atoms with Gasteiger partial charge in [-0.2, -0.15) is 0 Å². The quantitative estimate of drug-likeness (QED) is 0.238. The van der Waals surface area contributed by atoms with Crippen molar-refractivity contribution in [3.63, 3.8) is 0 Å². The van der Waals surface area contributed by atoms with Gasteiger partial charge in [0, 0.05) is 28.5 Å². The van der Waals surface area contributed by atoms with E-state index in [1.165, 1.54) is 23.6 Å². The summed E-state index contributed by atoms with van der Waals surface area (Å²) in [6.45, 7) is 8.09. The smallest absolute Gasteiger partial charge is 0.408 e. The van der Waals surface area contributed by atoms with E-state index in [1.54, 1.807) is 20.8 Å². The lowest BCUT2D eigenvalue weighted by molar-refractivity contribution is -0.153. The second-order valence-electron chi connectivity index (χ2n) is 12.7. The third-order valence-corrected chi connectivity index (χ3v) is 8.83. The number of nitrogens with zero attached hydrogens (tertiary/aromatic N) is 2. The van der Waals surface area contributed by atoms with Crippen LogP contribution in [-0.2, 0) is 30.3 Å². The summed E-state index contributed by atoms with van der Waals surface area (Å²) in [5.41, 5.74) is 3.88. The van der Waals surface area contributed by atoms with Gasteiger partial charge in [-0.15, -0.1) is 0 Å². The maximum atomic E-state index is 14.4. The number of halogens is 2. The number of carbonyl (C=O) groups is 5. The summed E-state index contributed by atoms with van der Waals surface area (Å²) < 4.78 is 6.75. The van der Waals surface area contributed by atoms with E-state index < -0.39 is 71.2 Å². The monoisotopic (exact) mass is 759 g/mol. The molecule has 13 nitrogen and oxygen atoms in total. The second kappa shape index (κ2) is 14.8. The molecule has 250 valence electrons. The van der Waals surface area contributed by atoms with Gasteiger partial charge in [-0.3, -0.25) is 19.2 Å². The van der Waals surface area contributed by atoms with E-state index in [-0.39, 0.29) is 25.9 Å². The van der Waals surface area contributed by atoms with Crippen molar-refractivity contribution >= 4 is 61.6 Å². The van der Waals surface area contributed by atoms with Crippen LogP contribution in [0, 0.1) is 0 Å². The predicted molar refractivity (Wildman–Crippen MR) is 172 cm³/mol. The molecule has 0 aliphatic carbocycles. The average Bonchev–Trinajstić information content (AvgIpc) is 3.55. The minimum Gasteiger partial charge on any atom is -0.444 e. The first-order valence-electron chi connectivity index (χ1n) is 14.9. The molecule has 2 heterocycles. The third-order valence-electron chi connectivity index (χ3n) is 7.91. The zero-order valence-electron chi connectivity index (χ0n) is 26.1. The number of amides is 5. The average molecular weight is 762 g/mol. The number of benzene rings is 1. The molecule has 3 rings (SSSR count). The Labute approximate surface area is 279 Å². The number of nitrogens with two attached hydrogens (primary N) is 1. The van der Waals surface area contributed by atoms with Gasteiger partial charge in [0.2, 0.25) is 23.6 Å². The Morgan fingerprint density at radius 1 is 1.00 bits per heavy atom. The molecule has 2 saturated heterocycles. The fourth-order valence-electron chi connectivity index (χ4n) is 5.92. The van der Waals surface area contributed by atoms with Crippen molar-refractivity contribution in [2.45, 2.75) is 108 Å². The van der Waals surface area contributed by atoms with Crippen molar-refractivity contribution in [3.8, 4) is 0 Å². The van der Waals surface area contributed by atoms with Crippen LogP contribution in [0.1, 0.15) is 65.9 Å². The largest absolute Gasteiger partial charge is 0.444 e. The van der Waals surface area contributed by atoms with Crippen LogP contribution >= 0.6 is 31.9 Å². The first-order chi connectivity index (χ1) is 20.9. The minimum atomic E-state index is -1.48.